The summed E-state index contributed by atoms with van der Waals surface area (Å²) >= 11 is 0. The summed E-state index contributed by atoms with van der Waals surface area (Å²) in [4.78, 5) is 11.3. The van der Waals surface area contributed by atoms with E-state index in [1.54, 1.807) is 12.4 Å². The lowest BCUT2D eigenvalue weighted by Crippen LogP contribution is -1.87. The molecule has 2 N–H and O–H groups in total. The third-order valence-electron chi connectivity index (χ3n) is 1.75. The van der Waals surface area contributed by atoms with Crippen molar-refractivity contribution in [1.82, 2.24) is 15.0 Å². The molecule has 0 aliphatic carbocycles. The highest BCUT2D eigenvalue weighted by molar-refractivity contribution is 5.74. The van der Waals surface area contributed by atoms with E-state index in [1.165, 1.54) is 0 Å². The molecule has 2 aromatic heterocycles. The Bertz CT molecular complexity index is 408. The summed E-state index contributed by atoms with van der Waals surface area (Å²) < 4.78 is 0. The summed E-state index contributed by atoms with van der Waals surface area (Å²) in [6.45, 7) is 1.87. The van der Waals surface area contributed by atoms with Gasteiger partial charge in [0.1, 0.15) is 5.52 Å². The van der Waals surface area contributed by atoms with E-state index in [-0.39, 0.29) is 6.61 Å². The Morgan fingerprint density at radius 2 is 2.42 bits per heavy atom. The predicted octanol–water partition coefficient (Wildman–Crippen LogP) is 0.759. The van der Waals surface area contributed by atoms with Gasteiger partial charge >= 0.3 is 0 Å². The summed E-state index contributed by atoms with van der Waals surface area (Å²) in [6.07, 6.45) is 3.42. The minimum Gasteiger partial charge on any atom is -0.392 e. The van der Waals surface area contributed by atoms with Crippen molar-refractivity contribution in [2.45, 2.75) is 13.5 Å². The number of aliphatic hydroxyl groups excluding tert-OH is 1. The Balaban J connectivity index is 2.75. The van der Waals surface area contributed by atoms with Gasteiger partial charge in [0, 0.05) is 11.8 Å². The molecule has 0 amide bonds. The van der Waals surface area contributed by atoms with Crippen molar-refractivity contribution in [1.29, 1.82) is 0 Å². The van der Waals surface area contributed by atoms with Crippen molar-refractivity contribution < 1.29 is 5.11 Å². The van der Waals surface area contributed by atoms with Gasteiger partial charge in [0.05, 0.1) is 18.5 Å². The fourth-order valence-electron chi connectivity index (χ4n) is 1.15. The number of nitrogens with one attached hydrogen (secondary N) is 1. The highest BCUT2D eigenvalue weighted by Gasteiger charge is 2.04. The lowest BCUT2D eigenvalue weighted by Gasteiger charge is -1.93. The second-order valence-corrected chi connectivity index (χ2v) is 2.68. The third-order valence-corrected chi connectivity index (χ3v) is 1.75. The van der Waals surface area contributed by atoms with Gasteiger partial charge in [0.15, 0.2) is 5.65 Å². The smallest absolute Gasteiger partial charge is 0.156 e. The van der Waals surface area contributed by atoms with Crippen molar-refractivity contribution in [2.24, 2.45) is 0 Å². The number of nitrogens with zero attached hydrogens (tertiary/aromatic N) is 2. The Morgan fingerprint density at radius 1 is 1.58 bits per heavy atom. The number of aromatic nitrogens is 3. The average molecular weight is 163 g/mol. The zero-order valence-corrected chi connectivity index (χ0v) is 6.70. The summed E-state index contributed by atoms with van der Waals surface area (Å²) in [7, 11) is 0. The van der Waals surface area contributed by atoms with Crippen LogP contribution in [0.2, 0.25) is 0 Å². The maximum Gasteiger partial charge on any atom is 0.156 e. The van der Waals surface area contributed by atoms with Gasteiger partial charge < -0.3 is 10.1 Å². The van der Waals surface area contributed by atoms with E-state index in [1.807, 2.05) is 6.92 Å². The molecule has 2 aromatic rings. The second-order valence-electron chi connectivity index (χ2n) is 2.68. The van der Waals surface area contributed by atoms with E-state index in [0.717, 1.165) is 22.4 Å². The van der Waals surface area contributed by atoms with Crippen molar-refractivity contribution in [3.63, 3.8) is 0 Å². The molecule has 0 radical (unpaired) electrons. The predicted molar refractivity (Wildman–Crippen MR) is 44.5 cm³/mol. The Kier molecular flexibility index (Phi) is 1.55. The van der Waals surface area contributed by atoms with Crippen LogP contribution in [0.3, 0.4) is 0 Å². The van der Waals surface area contributed by atoms with Gasteiger partial charge in [0.25, 0.3) is 0 Å². The number of aryl methyl sites for hydroxylation is 1. The molecule has 0 saturated heterocycles. The zero-order chi connectivity index (χ0) is 8.55. The van der Waals surface area contributed by atoms with Crippen molar-refractivity contribution in [2.75, 3.05) is 0 Å². The van der Waals surface area contributed by atoms with Gasteiger partial charge in [-0.15, -0.1) is 0 Å². The van der Waals surface area contributed by atoms with Crippen LogP contribution in [0.1, 0.15) is 11.3 Å². The van der Waals surface area contributed by atoms with E-state index in [2.05, 4.69) is 15.0 Å². The summed E-state index contributed by atoms with van der Waals surface area (Å²) in [5, 5.41) is 8.93. The summed E-state index contributed by atoms with van der Waals surface area (Å²) in [5.41, 5.74) is 3.14. The molecule has 0 aliphatic rings. The first-order chi connectivity index (χ1) is 5.81. The van der Waals surface area contributed by atoms with E-state index >= 15 is 0 Å². The van der Waals surface area contributed by atoms with Crippen LogP contribution in [-0.2, 0) is 6.61 Å². The van der Waals surface area contributed by atoms with Crippen molar-refractivity contribution in [3.05, 3.63) is 23.7 Å². The number of rotatable bonds is 1. The lowest BCUT2D eigenvalue weighted by atomic mass is 10.3. The van der Waals surface area contributed by atoms with Crippen molar-refractivity contribution >= 4 is 11.2 Å². The minimum absolute atomic E-state index is 0.00185. The number of fused-ring (bicyclic) bond motifs is 1. The van der Waals surface area contributed by atoms with Crippen LogP contribution in [0.4, 0.5) is 0 Å². The van der Waals surface area contributed by atoms with E-state index in [4.69, 9.17) is 5.11 Å². The highest BCUT2D eigenvalue weighted by Crippen LogP contribution is 2.13. The van der Waals surface area contributed by atoms with E-state index in [0.29, 0.717) is 0 Å². The van der Waals surface area contributed by atoms with Gasteiger partial charge in [-0.3, -0.25) is 0 Å². The molecule has 0 aliphatic heterocycles. The van der Waals surface area contributed by atoms with Gasteiger partial charge in [-0.25, -0.2) is 9.97 Å². The van der Waals surface area contributed by atoms with Crippen LogP contribution in [0.25, 0.3) is 11.2 Å². The Hall–Kier alpha value is -1.42. The second kappa shape index (κ2) is 2.57. The number of aliphatic hydroxyl groups is 1. The van der Waals surface area contributed by atoms with Crippen molar-refractivity contribution in [3.8, 4) is 0 Å². The fourth-order valence-corrected chi connectivity index (χ4v) is 1.15. The molecule has 0 bridgehead atoms. The molecule has 2 rings (SSSR count). The first kappa shape index (κ1) is 7.24. The van der Waals surface area contributed by atoms with Crippen LogP contribution in [0.15, 0.2) is 12.4 Å². The first-order valence-electron chi connectivity index (χ1n) is 3.71. The van der Waals surface area contributed by atoms with Gasteiger partial charge in [0.2, 0.25) is 0 Å². The molecular weight excluding hydrogens is 154 g/mol. The van der Waals surface area contributed by atoms with E-state index < -0.39 is 0 Å². The van der Waals surface area contributed by atoms with Crippen LogP contribution in [-0.4, -0.2) is 20.1 Å². The molecule has 0 spiro atoms. The Labute approximate surface area is 69.3 Å². The molecule has 0 atom stereocenters. The number of hydrogen-bond donors (Lipinski definition) is 2. The van der Waals surface area contributed by atoms with E-state index in [9.17, 15) is 0 Å². The maximum absolute atomic E-state index is 8.93. The standard InChI is InChI=1S/C8H9N3O/c1-5-2-9-8-7(11-5)6(4-12)3-10-8/h2-3,12H,4H2,1H3,(H,9,10). The van der Waals surface area contributed by atoms with Crippen LogP contribution in [0, 0.1) is 6.92 Å². The van der Waals surface area contributed by atoms with Crippen LogP contribution in [0.5, 0.6) is 0 Å². The number of hydrogen-bond acceptors (Lipinski definition) is 3. The topological polar surface area (TPSA) is 61.8 Å². The molecule has 4 nitrogen and oxygen atoms in total. The molecule has 0 fully saturated rings. The molecule has 0 aromatic carbocycles. The first-order valence-corrected chi connectivity index (χ1v) is 3.71. The molecule has 2 heterocycles. The third kappa shape index (κ3) is 0.967. The fraction of sp³-hybridized carbons (Fsp3) is 0.250. The highest BCUT2D eigenvalue weighted by atomic mass is 16.3. The van der Waals surface area contributed by atoms with Gasteiger partial charge in [-0.05, 0) is 6.92 Å². The molecule has 0 saturated carbocycles. The lowest BCUT2D eigenvalue weighted by molar-refractivity contribution is 0.283. The van der Waals surface area contributed by atoms with Crippen LogP contribution >= 0.6 is 0 Å². The average Bonchev–Trinajstić information content (AvgIpc) is 2.46. The zero-order valence-electron chi connectivity index (χ0n) is 6.70. The van der Waals surface area contributed by atoms with Gasteiger partial charge in [-0.2, -0.15) is 0 Å². The summed E-state index contributed by atoms with van der Waals surface area (Å²) in [5.74, 6) is 0. The Morgan fingerprint density at radius 3 is 3.17 bits per heavy atom. The van der Waals surface area contributed by atoms with Gasteiger partial charge in [-0.1, -0.05) is 0 Å². The van der Waals surface area contributed by atoms with Crippen LogP contribution < -0.4 is 0 Å². The summed E-state index contributed by atoms with van der Waals surface area (Å²) in [6, 6.07) is 0. The number of H-pyrrole nitrogens is 1. The molecule has 4 heteroatoms. The SMILES string of the molecule is Cc1cnc2[nH]cc(CO)c2n1. The molecule has 62 valence electrons. The molecular formula is C8H9N3O. The quantitative estimate of drug-likeness (QED) is 0.652. The minimum atomic E-state index is -0.00185. The molecule has 12 heavy (non-hydrogen) atoms. The largest absolute Gasteiger partial charge is 0.392 e. The molecule has 0 unspecified atom stereocenters. The monoisotopic (exact) mass is 163 g/mol. The number of aromatic amines is 1. The normalized spacial score (nSPS) is 10.8. The maximum atomic E-state index is 8.93.